The monoisotopic (exact) mass is 478 g/mol. The Hall–Kier alpha value is -4.71. The Kier molecular flexibility index (Phi) is 4.23. The van der Waals surface area contributed by atoms with E-state index in [2.05, 4.69) is 124 Å². The van der Waals surface area contributed by atoms with Gasteiger partial charge < -0.3 is 19.0 Å². The first-order chi connectivity index (χ1) is 18.3. The number of oxazole rings is 1. The molecule has 176 valence electrons. The van der Waals surface area contributed by atoms with Crippen LogP contribution in [0.15, 0.2) is 114 Å². The third kappa shape index (κ3) is 2.96. The average molecular weight is 478 g/mol. The fraction of sp³-hybridized carbons (Fsp3) is 0.0645. The summed E-state index contributed by atoms with van der Waals surface area (Å²) in [6.45, 7) is 0.909. The number of rotatable bonds is 2. The van der Waals surface area contributed by atoms with Gasteiger partial charge in [0.2, 0.25) is 5.89 Å². The molecule has 0 aliphatic carbocycles. The van der Waals surface area contributed by atoms with Crippen molar-refractivity contribution in [3.8, 4) is 33.7 Å². The fourth-order valence-electron chi connectivity index (χ4n) is 6.10. The Balaban J connectivity index is 1.42. The minimum Gasteiger partial charge on any atom is -0.445 e. The van der Waals surface area contributed by atoms with Crippen LogP contribution >= 0.6 is 0 Å². The molecule has 37 heavy (non-hydrogen) atoms. The number of aromatic nitrogens is 1. The summed E-state index contributed by atoms with van der Waals surface area (Å²) in [6.07, 6.45) is 7.60. The molecule has 0 saturated heterocycles. The zero-order valence-corrected chi connectivity index (χ0v) is 20.4. The third-order valence-electron chi connectivity index (χ3n) is 7.73. The van der Waals surface area contributed by atoms with Crippen LogP contribution in [0.2, 0.25) is 0 Å². The summed E-state index contributed by atoms with van der Waals surface area (Å²) in [5.74, 6) is 0.634. The highest BCUT2D eigenvalue weighted by Crippen LogP contribution is 2.47. The SMILES string of the molecule is CN1C=CN(c2ccc3c(c2)N2B(c4ccccc4-c4ccc(-c5ncco5)cc42)c2ccccc2-3)C1. The largest absolute Gasteiger partial charge is 0.445 e. The van der Waals surface area contributed by atoms with Crippen molar-refractivity contribution in [2.75, 3.05) is 23.4 Å². The summed E-state index contributed by atoms with van der Waals surface area (Å²) < 4.78 is 5.69. The molecule has 0 radical (unpaired) electrons. The highest BCUT2D eigenvalue weighted by molar-refractivity contribution is 6.92. The van der Waals surface area contributed by atoms with Crippen molar-refractivity contribution in [1.29, 1.82) is 0 Å². The van der Waals surface area contributed by atoms with Crippen LogP contribution in [0.3, 0.4) is 0 Å². The number of fused-ring (bicyclic) bond motifs is 11. The van der Waals surface area contributed by atoms with E-state index in [1.165, 1.54) is 50.2 Å². The van der Waals surface area contributed by atoms with E-state index < -0.39 is 0 Å². The van der Waals surface area contributed by atoms with E-state index in [1.807, 2.05) is 0 Å². The average Bonchev–Trinajstić information content (AvgIpc) is 3.65. The molecule has 4 heterocycles. The van der Waals surface area contributed by atoms with E-state index in [4.69, 9.17) is 4.42 Å². The Bertz CT molecular complexity index is 1710. The molecule has 0 amide bonds. The van der Waals surface area contributed by atoms with E-state index in [0.717, 1.165) is 12.2 Å². The maximum Gasteiger partial charge on any atom is 0.329 e. The van der Waals surface area contributed by atoms with Crippen molar-refractivity contribution in [2.45, 2.75) is 0 Å². The van der Waals surface area contributed by atoms with Crippen molar-refractivity contribution >= 4 is 34.8 Å². The molecule has 6 heteroatoms. The first-order valence-corrected chi connectivity index (χ1v) is 12.6. The van der Waals surface area contributed by atoms with Crippen LogP contribution in [0.4, 0.5) is 17.1 Å². The van der Waals surface area contributed by atoms with Crippen LogP contribution in [-0.2, 0) is 0 Å². The summed E-state index contributed by atoms with van der Waals surface area (Å²) in [7, 11) is 2.10. The second-order valence-corrected chi connectivity index (χ2v) is 9.88. The summed E-state index contributed by atoms with van der Waals surface area (Å²) in [5.41, 5.74) is 12.2. The molecule has 5 nitrogen and oxygen atoms in total. The molecule has 5 aromatic rings. The van der Waals surface area contributed by atoms with Crippen molar-refractivity contribution in [3.63, 3.8) is 0 Å². The predicted octanol–water partition coefficient (Wildman–Crippen LogP) is 5.43. The van der Waals surface area contributed by atoms with Gasteiger partial charge in [0.25, 0.3) is 0 Å². The second-order valence-electron chi connectivity index (χ2n) is 9.88. The van der Waals surface area contributed by atoms with Gasteiger partial charge in [0.1, 0.15) is 6.26 Å². The van der Waals surface area contributed by atoms with Crippen LogP contribution in [0.25, 0.3) is 33.7 Å². The Morgan fingerprint density at radius 1 is 0.757 bits per heavy atom. The van der Waals surface area contributed by atoms with Crippen molar-refractivity contribution < 1.29 is 4.42 Å². The maximum atomic E-state index is 5.69. The highest BCUT2D eigenvalue weighted by atomic mass is 16.3. The van der Waals surface area contributed by atoms with Crippen LogP contribution in [-0.4, -0.2) is 30.4 Å². The minimum absolute atomic E-state index is 0.0688. The van der Waals surface area contributed by atoms with Gasteiger partial charge in [0.05, 0.1) is 12.9 Å². The summed E-state index contributed by atoms with van der Waals surface area (Å²) in [6, 6.07) is 31.1. The number of hydrogen-bond donors (Lipinski definition) is 0. The van der Waals surface area contributed by atoms with Crippen LogP contribution in [0.5, 0.6) is 0 Å². The van der Waals surface area contributed by atoms with Gasteiger partial charge in [-0.1, -0.05) is 60.7 Å². The molecule has 4 aromatic carbocycles. The van der Waals surface area contributed by atoms with E-state index in [0.29, 0.717) is 5.89 Å². The molecule has 3 aliphatic rings. The van der Waals surface area contributed by atoms with Crippen molar-refractivity contribution in [2.24, 2.45) is 0 Å². The molecular weight excluding hydrogens is 455 g/mol. The zero-order chi connectivity index (χ0) is 24.5. The number of benzene rings is 4. The molecule has 8 rings (SSSR count). The van der Waals surface area contributed by atoms with Crippen LogP contribution in [0.1, 0.15) is 0 Å². The number of anilines is 3. The summed E-state index contributed by atoms with van der Waals surface area (Å²) in [4.78, 5) is 11.4. The first kappa shape index (κ1) is 20.5. The van der Waals surface area contributed by atoms with Crippen molar-refractivity contribution in [3.05, 3.63) is 110 Å². The predicted molar refractivity (Wildman–Crippen MR) is 151 cm³/mol. The lowest BCUT2D eigenvalue weighted by Crippen LogP contribution is -2.59. The fourth-order valence-corrected chi connectivity index (χ4v) is 6.10. The first-order valence-electron chi connectivity index (χ1n) is 12.6. The van der Waals surface area contributed by atoms with E-state index in [-0.39, 0.29) is 6.85 Å². The molecule has 0 saturated carbocycles. The van der Waals surface area contributed by atoms with Gasteiger partial charge in [0.15, 0.2) is 0 Å². The quantitative estimate of drug-likeness (QED) is 0.317. The Morgan fingerprint density at radius 2 is 1.46 bits per heavy atom. The molecule has 1 aromatic heterocycles. The van der Waals surface area contributed by atoms with Crippen molar-refractivity contribution in [1.82, 2.24) is 9.88 Å². The van der Waals surface area contributed by atoms with E-state index in [1.54, 1.807) is 12.5 Å². The zero-order valence-electron chi connectivity index (χ0n) is 20.4. The van der Waals surface area contributed by atoms with Gasteiger partial charge in [-0.25, -0.2) is 4.98 Å². The summed E-state index contributed by atoms with van der Waals surface area (Å²) >= 11 is 0. The third-order valence-corrected chi connectivity index (χ3v) is 7.73. The maximum absolute atomic E-state index is 5.69. The normalized spacial score (nSPS) is 14.7. The van der Waals surface area contributed by atoms with Gasteiger partial charge in [-0.15, -0.1) is 0 Å². The van der Waals surface area contributed by atoms with E-state index in [9.17, 15) is 0 Å². The standard InChI is InChI=1S/C31H23BN4O/c1-34-15-16-35(20-34)22-11-13-26-24-7-3-5-9-28(24)32-27-8-4-2-6-23(27)25-12-10-21(31-33-14-17-37-31)18-29(25)36(32)30(26)19-22/h2-19H,20H2,1H3. The van der Waals surface area contributed by atoms with E-state index >= 15 is 0 Å². The lowest BCUT2D eigenvalue weighted by atomic mass is 9.43. The van der Waals surface area contributed by atoms with Gasteiger partial charge in [-0.3, -0.25) is 0 Å². The number of hydrogen-bond acceptors (Lipinski definition) is 5. The molecular formula is C31H23BN4O. The molecule has 3 aliphatic heterocycles. The lowest BCUT2D eigenvalue weighted by molar-refractivity contribution is 0.496. The minimum atomic E-state index is 0.0688. The van der Waals surface area contributed by atoms with Gasteiger partial charge >= 0.3 is 6.85 Å². The topological polar surface area (TPSA) is 35.8 Å². The highest BCUT2D eigenvalue weighted by Gasteiger charge is 2.42. The Morgan fingerprint density at radius 3 is 2.14 bits per heavy atom. The second kappa shape index (κ2) is 7.64. The van der Waals surface area contributed by atoms with Gasteiger partial charge in [-0.05, 0) is 46.3 Å². The molecule has 0 unspecified atom stereocenters. The molecule has 0 spiro atoms. The van der Waals surface area contributed by atoms with Gasteiger partial charge in [-0.2, -0.15) is 0 Å². The molecule has 0 N–H and O–H groups in total. The van der Waals surface area contributed by atoms with Crippen LogP contribution in [0, 0.1) is 0 Å². The summed E-state index contributed by atoms with van der Waals surface area (Å²) in [5, 5.41) is 0. The lowest BCUT2D eigenvalue weighted by Gasteiger charge is -2.43. The molecule has 0 atom stereocenters. The van der Waals surface area contributed by atoms with Crippen LogP contribution < -0.4 is 20.6 Å². The van der Waals surface area contributed by atoms with Gasteiger partial charge in [0, 0.05) is 53.2 Å². The molecule has 0 fully saturated rings. The number of nitrogens with zero attached hydrogens (tertiary/aromatic N) is 4. The Labute approximate surface area is 216 Å². The molecule has 0 bridgehead atoms. The smallest absolute Gasteiger partial charge is 0.329 e.